The van der Waals surface area contributed by atoms with Gasteiger partial charge in [-0.1, -0.05) is 76.2 Å². The van der Waals surface area contributed by atoms with Crippen LogP contribution < -0.4 is 0 Å². The Morgan fingerprint density at radius 1 is 0.846 bits per heavy atom. The molecule has 5 heteroatoms. The minimum absolute atomic E-state index is 0. The molecule has 0 fully saturated rings. The third-order valence-electron chi connectivity index (χ3n) is 5.48. The van der Waals surface area contributed by atoms with E-state index >= 15 is 0 Å². The van der Waals surface area contributed by atoms with E-state index in [1.165, 1.54) is 22.3 Å². The molecule has 26 heavy (non-hydrogen) atoms. The quantitative estimate of drug-likeness (QED) is 0.258. The van der Waals surface area contributed by atoms with Gasteiger partial charge >= 0.3 is 35.6 Å². The van der Waals surface area contributed by atoms with Crippen LogP contribution in [0, 0.1) is 7.43 Å². The van der Waals surface area contributed by atoms with E-state index in [0.29, 0.717) is 0 Å². The topological polar surface area (TPSA) is 22.3 Å². The van der Waals surface area contributed by atoms with Crippen molar-refractivity contribution in [1.29, 1.82) is 0 Å². The van der Waals surface area contributed by atoms with Crippen molar-refractivity contribution in [1.82, 2.24) is 0 Å². The molecule has 0 aromatic heterocycles. The van der Waals surface area contributed by atoms with Crippen LogP contribution in [0.3, 0.4) is 0 Å². The molecule has 0 N–H and O–H groups in total. The summed E-state index contributed by atoms with van der Waals surface area (Å²) in [6, 6.07) is 17.2. The van der Waals surface area contributed by atoms with Crippen molar-refractivity contribution in [3.05, 3.63) is 72.2 Å². The molecule has 0 spiro atoms. The Bertz CT molecular complexity index is 732. The van der Waals surface area contributed by atoms with Crippen molar-refractivity contribution >= 4 is 25.7 Å². The van der Waals surface area contributed by atoms with E-state index in [2.05, 4.69) is 83.1 Å². The van der Waals surface area contributed by atoms with Gasteiger partial charge in [0.2, 0.25) is 0 Å². The van der Waals surface area contributed by atoms with Gasteiger partial charge in [-0.3, -0.25) is 0 Å². The van der Waals surface area contributed by atoms with E-state index in [-0.39, 0.29) is 23.9 Å². The average molecular weight is 444 g/mol. The molecule has 0 saturated heterocycles. The monoisotopic (exact) mass is 443 g/mol. The summed E-state index contributed by atoms with van der Waals surface area (Å²) in [6.45, 7) is 11.0. The summed E-state index contributed by atoms with van der Waals surface area (Å²) >= 11 is -0.556. The van der Waals surface area contributed by atoms with Gasteiger partial charge < -0.3 is 12.6 Å². The molecule has 0 heterocycles. The Morgan fingerprint density at radius 2 is 1.15 bits per heavy atom. The van der Waals surface area contributed by atoms with Gasteiger partial charge in [-0.05, 0) is 40.5 Å². The predicted octanol–water partition coefficient (Wildman–Crippen LogP) is 8.34. The maximum absolute atomic E-state index is 11.9. The molecule has 1 aliphatic carbocycles. The van der Waals surface area contributed by atoms with Crippen LogP contribution >= 0.6 is 25.7 Å². The fraction of sp³-hybridized carbons (Fsp3) is 0.381. The Labute approximate surface area is 176 Å². The van der Waals surface area contributed by atoms with Crippen LogP contribution in [0.2, 0.25) is 0 Å². The van der Waals surface area contributed by atoms with Crippen molar-refractivity contribution in [3.8, 4) is 11.1 Å². The predicted molar refractivity (Wildman–Crippen MR) is 117 cm³/mol. The summed E-state index contributed by atoms with van der Waals surface area (Å²) < 4.78 is 0. The Hall–Kier alpha value is -0.0357. The first-order chi connectivity index (χ1) is 11.8. The molecule has 2 aromatic carbocycles. The summed E-state index contributed by atoms with van der Waals surface area (Å²) in [6.07, 6.45) is 0. The van der Waals surface area contributed by atoms with E-state index < -0.39 is 24.1 Å². The fourth-order valence-corrected chi connectivity index (χ4v) is 8.86. The third-order valence-corrected chi connectivity index (χ3v) is 10.5. The van der Waals surface area contributed by atoms with Gasteiger partial charge in [0.1, 0.15) is 0 Å². The average Bonchev–Trinajstić information content (AvgIpc) is 2.86. The summed E-state index contributed by atoms with van der Waals surface area (Å²) in [7, 11) is 7.54. The number of benzene rings is 2. The van der Waals surface area contributed by atoms with Gasteiger partial charge in [0, 0.05) is 5.16 Å². The van der Waals surface area contributed by atoms with Crippen LogP contribution in [-0.4, -0.2) is 11.3 Å². The Balaban J connectivity index is 0.000000791. The van der Waals surface area contributed by atoms with Crippen LogP contribution in [-0.2, 0) is 22.2 Å². The molecular formula is C21H28Cl2NPTi-2. The summed E-state index contributed by atoms with van der Waals surface area (Å²) in [5.74, 6) is 0. The molecule has 2 aromatic rings. The third kappa shape index (κ3) is 3.63. The zero-order chi connectivity index (χ0) is 18.8. The van der Waals surface area contributed by atoms with Crippen molar-refractivity contribution < 1.29 is 17.0 Å². The second-order valence-electron chi connectivity index (χ2n) is 7.16. The van der Waals surface area contributed by atoms with Gasteiger partial charge in [0.05, 0.1) is 0 Å². The zero-order valence-electron chi connectivity index (χ0n) is 16.4. The molecular weight excluding hydrogens is 416 g/mol. The number of halogens is 2. The first-order valence-corrected chi connectivity index (χ1v) is 14.7. The fourth-order valence-electron chi connectivity index (χ4n) is 4.45. The summed E-state index contributed by atoms with van der Waals surface area (Å²) in [4.78, 5) is 0. The first kappa shape index (κ1) is 24.0. The number of fused-ring (bicyclic) bond motifs is 3. The number of nitrogens with zero attached hydrogens (tertiary/aromatic N) is 1. The molecule has 0 unspecified atom stereocenters. The molecule has 1 aliphatic rings. The van der Waals surface area contributed by atoms with Gasteiger partial charge in [-0.2, -0.15) is 0 Å². The van der Waals surface area contributed by atoms with E-state index in [4.69, 9.17) is 18.6 Å². The van der Waals surface area contributed by atoms with Gasteiger partial charge in [0.25, 0.3) is 0 Å². The van der Waals surface area contributed by atoms with Crippen molar-refractivity contribution in [3.63, 3.8) is 0 Å². The second-order valence-corrected chi connectivity index (χ2v) is 14.2. The van der Waals surface area contributed by atoms with Crippen LogP contribution in [0.25, 0.3) is 16.3 Å². The Morgan fingerprint density at radius 3 is 1.46 bits per heavy atom. The molecule has 0 radical (unpaired) electrons. The van der Waals surface area contributed by atoms with Crippen LogP contribution in [0.15, 0.2) is 48.5 Å². The molecule has 142 valence electrons. The minimum atomic E-state index is -2.24. The molecule has 1 nitrogen and oxygen atoms in total. The molecule has 0 atom stereocenters. The van der Waals surface area contributed by atoms with Crippen LogP contribution in [0.4, 0.5) is 0 Å². The SMILES string of the molecule is CC(C)P(=[N-])(C(C)C)C1(C)c2ccccc2-c2ccccc21.[CH3-].[Cl][Ti][Cl]. The number of hydrogen-bond donors (Lipinski definition) is 0. The maximum atomic E-state index is 11.9. The van der Waals surface area contributed by atoms with Crippen molar-refractivity contribution in [2.75, 3.05) is 0 Å². The Kier molecular flexibility index (Phi) is 8.72. The number of rotatable bonds is 3. The van der Waals surface area contributed by atoms with Crippen LogP contribution in [0.5, 0.6) is 0 Å². The first-order valence-electron chi connectivity index (χ1n) is 8.53. The molecule has 0 saturated carbocycles. The van der Waals surface area contributed by atoms with Gasteiger partial charge in [-0.25, -0.2) is 7.05 Å². The van der Waals surface area contributed by atoms with Crippen molar-refractivity contribution in [2.24, 2.45) is 0 Å². The van der Waals surface area contributed by atoms with Gasteiger partial charge in [0.15, 0.2) is 0 Å². The zero-order valence-corrected chi connectivity index (χ0v) is 20.4. The van der Waals surface area contributed by atoms with Crippen molar-refractivity contribution in [2.45, 2.75) is 51.1 Å². The molecule has 0 aliphatic heterocycles. The number of hydrogen-bond acceptors (Lipinski definition) is 0. The molecule has 3 rings (SSSR count). The van der Waals surface area contributed by atoms with E-state index in [1.54, 1.807) is 0 Å². The standard InChI is InChI=1S/C20H25NP.CH3.2ClH.Ti/c1-14(2)22(21,15(3)4)20(5)18-12-8-6-10-16(18)17-11-7-9-13-19(17)20;;;;/h6-15H,1-5H3;1H3;2*1H;/q2*-1;;;+2/p-2. The van der Waals surface area contributed by atoms with E-state index in [0.717, 1.165) is 0 Å². The molecule has 0 bridgehead atoms. The van der Waals surface area contributed by atoms with E-state index in [9.17, 15) is 5.16 Å². The van der Waals surface area contributed by atoms with E-state index in [1.807, 2.05) is 0 Å². The summed E-state index contributed by atoms with van der Waals surface area (Å²) in [5, 5.41) is 11.7. The van der Waals surface area contributed by atoms with Gasteiger partial charge in [-0.15, -0.1) is 0 Å². The van der Waals surface area contributed by atoms with Crippen LogP contribution in [0.1, 0.15) is 45.7 Å². The normalized spacial score (nSPS) is 14.0. The second kappa shape index (κ2) is 9.44. The summed E-state index contributed by atoms with van der Waals surface area (Å²) in [5.41, 5.74) is 5.73. The molecule has 0 amide bonds.